The summed E-state index contributed by atoms with van der Waals surface area (Å²) in [7, 11) is 2.12. The Morgan fingerprint density at radius 1 is 1.04 bits per heavy atom. The molecule has 24 heavy (non-hydrogen) atoms. The summed E-state index contributed by atoms with van der Waals surface area (Å²) in [5.41, 5.74) is 4.39. The van der Waals surface area contributed by atoms with Crippen molar-refractivity contribution in [2.75, 3.05) is 7.05 Å². The fourth-order valence-electron chi connectivity index (χ4n) is 2.50. The van der Waals surface area contributed by atoms with E-state index in [1.54, 1.807) is 0 Å². The predicted octanol–water partition coefficient (Wildman–Crippen LogP) is 4.02. The van der Waals surface area contributed by atoms with Gasteiger partial charge < -0.3 is 5.32 Å². The van der Waals surface area contributed by atoms with Crippen LogP contribution in [-0.2, 0) is 19.5 Å². The van der Waals surface area contributed by atoms with Crippen LogP contribution in [0.2, 0.25) is 0 Å². The number of carbonyl (C=O) groups is 1. The third kappa shape index (κ3) is 4.93. The first-order valence-electron chi connectivity index (χ1n) is 8.65. The topological polar surface area (TPSA) is 32.3 Å². The van der Waals surface area contributed by atoms with Crippen molar-refractivity contribution < 1.29 is 4.79 Å². The lowest BCUT2D eigenvalue weighted by atomic mass is 10.1. The average Bonchev–Trinajstić information content (AvgIpc) is 2.60. The summed E-state index contributed by atoms with van der Waals surface area (Å²) >= 11 is 0. The van der Waals surface area contributed by atoms with E-state index in [0.717, 1.165) is 13.0 Å². The molecule has 0 aromatic heterocycles. The van der Waals surface area contributed by atoms with Crippen molar-refractivity contribution in [2.45, 2.75) is 46.3 Å². The molecular weight excluding hydrogens is 296 g/mol. The van der Waals surface area contributed by atoms with E-state index in [-0.39, 0.29) is 5.91 Å². The molecule has 0 radical (unpaired) electrons. The van der Waals surface area contributed by atoms with E-state index >= 15 is 0 Å². The summed E-state index contributed by atoms with van der Waals surface area (Å²) in [4.78, 5) is 14.6. The Kier molecular flexibility index (Phi) is 6.56. The molecule has 0 aliphatic heterocycles. The quantitative estimate of drug-likeness (QED) is 0.834. The molecular formula is C21H28N2O. The van der Waals surface area contributed by atoms with Gasteiger partial charge in [-0.1, -0.05) is 43.3 Å². The van der Waals surface area contributed by atoms with Gasteiger partial charge >= 0.3 is 0 Å². The first kappa shape index (κ1) is 18.2. The highest BCUT2D eigenvalue weighted by Gasteiger charge is 2.10. The van der Waals surface area contributed by atoms with Crippen LogP contribution in [0, 0.1) is 0 Å². The van der Waals surface area contributed by atoms with E-state index < -0.39 is 0 Å². The second kappa shape index (κ2) is 8.65. The number of carbonyl (C=O) groups excluding carboxylic acids is 1. The van der Waals surface area contributed by atoms with Gasteiger partial charge in [0.15, 0.2) is 0 Å². The zero-order valence-electron chi connectivity index (χ0n) is 15.2. The summed E-state index contributed by atoms with van der Waals surface area (Å²) in [6, 6.07) is 16.6. The van der Waals surface area contributed by atoms with Gasteiger partial charge in [-0.05, 0) is 56.1 Å². The van der Waals surface area contributed by atoms with Crippen LogP contribution < -0.4 is 5.32 Å². The summed E-state index contributed by atoms with van der Waals surface area (Å²) < 4.78 is 0. The molecule has 0 fully saturated rings. The maximum atomic E-state index is 12.3. The Labute approximate surface area is 145 Å². The van der Waals surface area contributed by atoms with Gasteiger partial charge in [0.25, 0.3) is 5.91 Å². The molecule has 2 aromatic rings. The molecule has 2 rings (SSSR count). The Morgan fingerprint density at radius 3 is 2.25 bits per heavy atom. The first-order valence-corrected chi connectivity index (χ1v) is 8.65. The van der Waals surface area contributed by atoms with E-state index in [9.17, 15) is 4.79 Å². The van der Waals surface area contributed by atoms with Crippen molar-refractivity contribution in [1.29, 1.82) is 0 Å². The number of nitrogens with one attached hydrogen (secondary N) is 1. The van der Waals surface area contributed by atoms with Crippen LogP contribution in [0.3, 0.4) is 0 Å². The van der Waals surface area contributed by atoms with Crippen molar-refractivity contribution >= 4 is 5.91 Å². The van der Waals surface area contributed by atoms with E-state index in [0.29, 0.717) is 18.2 Å². The molecule has 0 spiro atoms. The SMILES string of the molecule is CCc1ccc(C(=O)NCc2ccccc2CN(C)C(C)C)cc1. The predicted molar refractivity (Wildman–Crippen MR) is 100 cm³/mol. The zero-order valence-corrected chi connectivity index (χ0v) is 15.2. The van der Waals surface area contributed by atoms with Crippen LogP contribution in [0.1, 0.15) is 47.8 Å². The summed E-state index contributed by atoms with van der Waals surface area (Å²) in [6.07, 6.45) is 0.985. The molecule has 1 amide bonds. The number of nitrogens with zero attached hydrogens (tertiary/aromatic N) is 1. The van der Waals surface area contributed by atoms with Gasteiger partial charge in [0.05, 0.1) is 0 Å². The fraction of sp³-hybridized carbons (Fsp3) is 0.381. The molecule has 128 valence electrons. The van der Waals surface area contributed by atoms with Crippen LogP contribution in [0.4, 0.5) is 0 Å². The largest absolute Gasteiger partial charge is 0.348 e. The smallest absolute Gasteiger partial charge is 0.251 e. The number of hydrogen-bond acceptors (Lipinski definition) is 2. The molecule has 0 heterocycles. The lowest BCUT2D eigenvalue weighted by Gasteiger charge is -2.22. The average molecular weight is 324 g/mol. The minimum atomic E-state index is -0.0235. The van der Waals surface area contributed by atoms with E-state index in [1.807, 2.05) is 30.3 Å². The van der Waals surface area contributed by atoms with Gasteiger partial charge in [0.1, 0.15) is 0 Å². The molecule has 3 heteroatoms. The second-order valence-corrected chi connectivity index (χ2v) is 6.51. The van der Waals surface area contributed by atoms with Gasteiger partial charge in [-0.25, -0.2) is 0 Å². The molecule has 0 aliphatic rings. The summed E-state index contributed by atoms with van der Waals surface area (Å²) in [6.45, 7) is 7.92. The number of amides is 1. The summed E-state index contributed by atoms with van der Waals surface area (Å²) in [5, 5.41) is 3.04. The van der Waals surface area contributed by atoms with Gasteiger partial charge in [0, 0.05) is 24.7 Å². The lowest BCUT2D eigenvalue weighted by molar-refractivity contribution is 0.0950. The standard InChI is InChI=1S/C21H28N2O/c1-5-17-10-12-18(13-11-17)21(24)22-14-19-8-6-7-9-20(19)15-23(4)16(2)3/h6-13,16H,5,14-15H2,1-4H3,(H,22,24). The Hall–Kier alpha value is -2.13. The van der Waals surface area contributed by atoms with Gasteiger partial charge in [-0.15, -0.1) is 0 Å². The Morgan fingerprint density at radius 2 is 1.67 bits per heavy atom. The fourth-order valence-corrected chi connectivity index (χ4v) is 2.50. The zero-order chi connectivity index (χ0) is 17.5. The van der Waals surface area contributed by atoms with Crippen LogP contribution in [0.15, 0.2) is 48.5 Å². The number of benzene rings is 2. The number of hydrogen-bond donors (Lipinski definition) is 1. The minimum Gasteiger partial charge on any atom is -0.348 e. The lowest BCUT2D eigenvalue weighted by Crippen LogP contribution is -2.27. The summed E-state index contributed by atoms with van der Waals surface area (Å²) in [5.74, 6) is -0.0235. The molecule has 0 saturated carbocycles. The van der Waals surface area contributed by atoms with Crippen molar-refractivity contribution in [3.8, 4) is 0 Å². The Bertz CT molecular complexity index is 662. The van der Waals surface area contributed by atoms with Crippen molar-refractivity contribution in [1.82, 2.24) is 10.2 Å². The molecule has 2 aromatic carbocycles. The highest BCUT2D eigenvalue weighted by Crippen LogP contribution is 2.13. The van der Waals surface area contributed by atoms with Gasteiger partial charge in [0.2, 0.25) is 0 Å². The second-order valence-electron chi connectivity index (χ2n) is 6.51. The third-order valence-corrected chi connectivity index (χ3v) is 4.48. The van der Waals surface area contributed by atoms with Crippen LogP contribution >= 0.6 is 0 Å². The molecule has 3 nitrogen and oxygen atoms in total. The van der Waals surface area contributed by atoms with Crippen LogP contribution in [-0.4, -0.2) is 23.9 Å². The monoisotopic (exact) mass is 324 g/mol. The highest BCUT2D eigenvalue weighted by molar-refractivity contribution is 5.94. The molecule has 0 saturated heterocycles. The third-order valence-electron chi connectivity index (χ3n) is 4.48. The molecule has 0 bridgehead atoms. The van der Waals surface area contributed by atoms with Crippen molar-refractivity contribution in [2.24, 2.45) is 0 Å². The van der Waals surface area contributed by atoms with E-state index in [4.69, 9.17) is 0 Å². The maximum absolute atomic E-state index is 12.3. The molecule has 0 unspecified atom stereocenters. The van der Waals surface area contributed by atoms with Crippen molar-refractivity contribution in [3.63, 3.8) is 0 Å². The first-order chi connectivity index (χ1) is 11.5. The van der Waals surface area contributed by atoms with E-state index in [1.165, 1.54) is 16.7 Å². The van der Waals surface area contributed by atoms with Crippen LogP contribution in [0.25, 0.3) is 0 Å². The highest BCUT2D eigenvalue weighted by atomic mass is 16.1. The Balaban J connectivity index is 2.01. The maximum Gasteiger partial charge on any atom is 0.251 e. The molecule has 0 aliphatic carbocycles. The number of rotatable bonds is 7. The minimum absolute atomic E-state index is 0.0235. The van der Waals surface area contributed by atoms with Gasteiger partial charge in [-0.2, -0.15) is 0 Å². The molecule has 0 atom stereocenters. The molecule has 1 N–H and O–H groups in total. The van der Waals surface area contributed by atoms with Crippen molar-refractivity contribution in [3.05, 3.63) is 70.8 Å². The van der Waals surface area contributed by atoms with Crippen LogP contribution in [0.5, 0.6) is 0 Å². The van der Waals surface area contributed by atoms with E-state index in [2.05, 4.69) is 56.2 Å². The normalized spacial score (nSPS) is 11.1. The van der Waals surface area contributed by atoms with Gasteiger partial charge in [-0.3, -0.25) is 9.69 Å². The number of aryl methyl sites for hydroxylation is 1.